The quantitative estimate of drug-likeness (QED) is 0.0754. The molecule has 0 saturated carbocycles. The van der Waals surface area contributed by atoms with Crippen molar-refractivity contribution in [2.45, 2.75) is 42.8 Å². The Kier molecular flexibility index (Phi) is 13.3. The van der Waals surface area contributed by atoms with E-state index in [0.717, 1.165) is 55.6 Å². The summed E-state index contributed by atoms with van der Waals surface area (Å²) in [6.45, 7) is 0.0604. The number of nitrogens with one attached hydrogen (secondary N) is 3. The summed E-state index contributed by atoms with van der Waals surface area (Å²) in [5, 5.41) is 17.6. The third-order valence-electron chi connectivity index (χ3n) is 11.4. The third kappa shape index (κ3) is 9.98. The molecule has 8 rings (SSSR count). The first-order chi connectivity index (χ1) is 30.7. The summed E-state index contributed by atoms with van der Waals surface area (Å²) >= 11 is 0.673. The Morgan fingerprint density at radius 2 is 0.841 bits per heavy atom. The van der Waals surface area contributed by atoms with Crippen LogP contribution < -0.4 is 16.0 Å². The molecule has 3 unspecified atom stereocenters. The van der Waals surface area contributed by atoms with Gasteiger partial charge in [-0.05, 0) is 55.6 Å². The number of aliphatic carboxylic acids is 1. The van der Waals surface area contributed by atoms with Gasteiger partial charge in [0.2, 0.25) is 11.0 Å². The number of rotatable bonds is 16. The molecule has 11 nitrogen and oxygen atoms in total. The number of carbonyl (C=O) groups is 5. The number of carboxylic acids is 1. The lowest BCUT2D eigenvalue weighted by Crippen LogP contribution is -2.53. The Labute approximate surface area is 369 Å². The van der Waals surface area contributed by atoms with Crippen molar-refractivity contribution in [2.24, 2.45) is 0 Å². The molecule has 0 heterocycles. The van der Waals surface area contributed by atoms with E-state index in [-0.39, 0.29) is 43.6 Å². The van der Waals surface area contributed by atoms with Crippen LogP contribution >= 0.6 is 11.8 Å². The maximum atomic E-state index is 13.9. The van der Waals surface area contributed by atoms with Crippen LogP contribution in [-0.2, 0) is 36.7 Å². The molecule has 63 heavy (non-hydrogen) atoms. The van der Waals surface area contributed by atoms with Crippen LogP contribution in [-0.4, -0.2) is 71.4 Å². The summed E-state index contributed by atoms with van der Waals surface area (Å²) in [5.41, 5.74) is 9.92. The second kappa shape index (κ2) is 19.7. The number of ether oxygens (including phenoxy) is 2. The van der Waals surface area contributed by atoms with Crippen LogP contribution in [0.3, 0.4) is 0 Å². The molecule has 12 heteroatoms. The molecule has 318 valence electrons. The van der Waals surface area contributed by atoms with Crippen LogP contribution in [0, 0.1) is 0 Å². The molecule has 3 atom stereocenters. The lowest BCUT2D eigenvalue weighted by atomic mass is 9.98. The lowest BCUT2D eigenvalue weighted by molar-refractivity contribution is -0.141. The van der Waals surface area contributed by atoms with E-state index in [1.807, 2.05) is 133 Å². The fourth-order valence-corrected chi connectivity index (χ4v) is 9.28. The van der Waals surface area contributed by atoms with Crippen LogP contribution in [0.25, 0.3) is 22.3 Å². The van der Waals surface area contributed by atoms with Crippen LogP contribution in [0.2, 0.25) is 0 Å². The highest BCUT2D eigenvalue weighted by molar-refractivity contribution is 8.13. The molecule has 3 amide bonds. The fourth-order valence-electron chi connectivity index (χ4n) is 8.38. The first-order valence-corrected chi connectivity index (χ1v) is 21.7. The van der Waals surface area contributed by atoms with Crippen molar-refractivity contribution in [3.05, 3.63) is 191 Å². The molecule has 4 N–H and O–H groups in total. The Morgan fingerprint density at radius 1 is 0.476 bits per heavy atom. The molecule has 0 saturated heterocycles. The van der Waals surface area contributed by atoms with Crippen molar-refractivity contribution in [3.63, 3.8) is 0 Å². The lowest BCUT2D eigenvalue weighted by Gasteiger charge is -2.23. The number of carboxylic acid groups (broad SMARTS) is 1. The van der Waals surface area contributed by atoms with E-state index in [1.165, 1.54) is 0 Å². The number of benzene rings is 6. The molecule has 2 aliphatic rings. The number of alkyl carbamates (subject to hydrolysis) is 2. The standard InChI is InChI=1S/C51H45N3O8S/c55-47(44(27-32-15-3-1-4-16-32)53-50(59)61-29-42-38-23-11-7-19-34(38)35-20-8-12-24-39(35)42)52-46(48(56)57)31-63-49(58)45(28-33-17-5-2-6-18-33)54-51(60)62-30-43-40-25-13-9-21-36(40)37-22-10-14-26-41(37)43/h1-26,42-46H,27-31H2,(H,52,55)(H,53,59)(H,54,60)(H,56,57). The maximum absolute atomic E-state index is 13.9. The van der Waals surface area contributed by atoms with Gasteiger partial charge in [-0.25, -0.2) is 14.4 Å². The number of hydrogen-bond donors (Lipinski definition) is 4. The van der Waals surface area contributed by atoms with Crippen LogP contribution in [0.4, 0.5) is 9.59 Å². The van der Waals surface area contributed by atoms with E-state index in [0.29, 0.717) is 11.8 Å². The summed E-state index contributed by atoms with van der Waals surface area (Å²) in [6.07, 6.45) is -1.48. The molecular weight excluding hydrogens is 815 g/mol. The zero-order valence-electron chi connectivity index (χ0n) is 34.1. The highest BCUT2D eigenvalue weighted by Gasteiger charge is 2.33. The van der Waals surface area contributed by atoms with Crippen molar-refractivity contribution in [3.8, 4) is 22.3 Å². The topological polar surface area (TPSA) is 160 Å². The van der Waals surface area contributed by atoms with Gasteiger partial charge in [-0.2, -0.15) is 0 Å². The Morgan fingerprint density at radius 3 is 1.25 bits per heavy atom. The van der Waals surface area contributed by atoms with E-state index in [2.05, 4.69) is 16.0 Å². The van der Waals surface area contributed by atoms with Gasteiger partial charge in [-0.1, -0.05) is 169 Å². The van der Waals surface area contributed by atoms with Gasteiger partial charge in [-0.3, -0.25) is 9.59 Å². The first-order valence-electron chi connectivity index (χ1n) is 20.7. The average Bonchev–Trinajstić information content (AvgIpc) is 3.81. The predicted molar refractivity (Wildman–Crippen MR) is 241 cm³/mol. The van der Waals surface area contributed by atoms with Crippen molar-refractivity contribution >= 4 is 40.9 Å². The maximum Gasteiger partial charge on any atom is 0.407 e. The minimum atomic E-state index is -1.53. The molecule has 0 spiro atoms. The molecular formula is C51H45N3O8S. The van der Waals surface area contributed by atoms with Crippen molar-refractivity contribution < 1.29 is 38.6 Å². The fraction of sp³-hybridized carbons (Fsp3) is 0.196. The van der Waals surface area contributed by atoms with Gasteiger partial charge in [0, 0.05) is 30.4 Å². The van der Waals surface area contributed by atoms with Crippen molar-refractivity contribution in [1.29, 1.82) is 0 Å². The summed E-state index contributed by atoms with van der Waals surface area (Å²) in [5.74, 6) is -2.91. The van der Waals surface area contributed by atoms with Gasteiger partial charge >= 0.3 is 18.2 Å². The molecule has 0 bridgehead atoms. The Balaban J connectivity index is 0.910. The highest BCUT2D eigenvalue weighted by atomic mass is 32.2. The van der Waals surface area contributed by atoms with E-state index < -0.39 is 47.3 Å². The number of carbonyl (C=O) groups excluding carboxylic acids is 4. The van der Waals surface area contributed by atoms with Gasteiger partial charge in [0.05, 0.1) is 0 Å². The number of fused-ring (bicyclic) bond motifs is 6. The van der Waals surface area contributed by atoms with E-state index >= 15 is 0 Å². The molecule has 6 aromatic rings. The minimum Gasteiger partial charge on any atom is -0.480 e. The highest BCUT2D eigenvalue weighted by Crippen LogP contribution is 2.45. The van der Waals surface area contributed by atoms with E-state index in [1.54, 1.807) is 24.3 Å². The van der Waals surface area contributed by atoms with Crippen LogP contribution in [0.5, 0.6) is 0 Å². The first kappa shape index (κ1) is 42.5. The monoisotopic (exact) mass is 859 g/mol. The second-order valence-electron chi connectivity index (χ2n) is 15.5. The smallest absolute Gasteiger partial charge is 0.407 e. The van der Waals surface area contributed by atoms with Gasteiger partial charge in [0.25, 0.3) is 0 Å². The second-order valence-corrected chi connectivity index (χ2v) is 16.5. The largest absolute Gasteiger partial charge is 0.480 e. The van der Waals surface area contributed by atoms with Gasteiger partial charge in [-0.15, -0.1) is 0 Å². The zero-order valence-corrected chi connectivity index (χ0v) is 35.0. The number of amides is 3. The van der Waals surface area contributed by atoms with Gasteiger partial charge < -0.3 is 30.5 Å². The summed E-state index contributed by atoms with van der Waals surface area (Å²) < 4.78 is 11.5. The number of thioether (sulfide) groups is 1. The third-order valence-corrected chi connectivity index (χ3v) is 12.5. The average molecular weight is 860 g/mol. The number of hydrogen-bond acceptors (Lipinski definition) is 8. The molecule has 0 fully saturated rings. The molecule has 0 radical (unpaired) electrons. The Bertz CT molecular complexity index is 2530. The minimum absolute atomic E-state index is 0.0181. The molecule has 2 aliphatic carbocycles. The van der Waals surface area contributed by atoms with Crippen LogP contribution in [0.15, 0.2) is 158 Å². The van der Waals surface area contributed by atoms with Gasteiger partial charge in [0.15, 0.2) is 0 Å². The van der Waals surface area contributed by atoms with Crippen molar-refractivity contribution in [2.75, 3.05) is 19.0 Å². The summed E-state index contributed by atoms with van der Waals surface area (Å²) in [7, 11) is 0. The predicted octanol–water partition coefficient (Wildman–Crippen LogP) is 8.12. The molecule has 6 aromatic carbocycles. The molecule has 0 aliphatic heterocycles. The van der Waals surface area contributed by atoms with E-state index in [9.17, 15) is 29.1 Å². The van der Waals surface area contributed by atoms with Crippen LogP contribution in [0.1, 0.15) is 45.2 Å². The van der Waals surface area contributed by atoms with Gasteiger partial charge in [0.1, 0.15) is 31.3 Å². The SMILES string of the molecule is O=C(NC(Cc1ccccc1)C(=O)NC(CSC(=O)C(Cc1ccccc1)NC(=O)OCC1c2ccccc2-c2ccccc21)C(=O)O)OCC1c2ccccc2-c2ccccc21. The van der Waals surface area contributed by atoms with E-state index in [4.69, 9.17) is 9.47 Å². The normalized spacial score (nSPS) is 13.8. The summed E-state index contributed by atoms with van der Waals surface area (Å²) in [4.78, 5) is 67.1. The van der Waals surface area contributed by atoms with Crippen molar-refractivity contribution in [1.82, 2.24) is 16.0 Å². The Hall–Kier alpha value is -7.18. The molecule has 0 aromatic heterocycles. The zero-order chi connectivity index (χ0) is 43.7. The summed E-state index contributed by atoms with van der Waals surface area (Å²) in [6, 6.07) is 46.1.